The molecule has 11 heteroatoms. The van der Waals surface area contributed by atoms with Crippen molar-refractivity contribution < 1.29 is 22.4 Å². The minimum atomic E-state index is -3.24. The van der Waals surface area contributed by atoms with Crippen LogP contribution in [0.3, 0.4) is 0 Å². The molecule has 2 aliphatic heterocycles. The van der Waals surface area contributed by atoms with E-state index in [0.717, 1.165) is 13.3 Å². The molecule has 2 aliphatic rings. The van der Waals surface area contributed by atoms with Gasteiger partial charge in [-0.15, -0.1) is 0 Å². The van der Waals surface area contributed by atoms with Crippen LogP contribution in [0.5, 0.6) is 0 Å². The molecule has 1 saturated heterocycles. The van der Waals surface area contributed by atoms with Crippen molar-refractivity contribution in [2.24, 2.45) is 0 Å². The average Bonchev–Trinajstić information content (AvgIpc) is 3.10. The molecule has 3 atom stereocenters. The molecule has 4 heterocycles. The number of aromatic nitrogens is 4. The second kappa shape index (κ2) is 7.51. The summed E-state index contributed by atoms with van der Waals surface area (Å²) < 4.78 is 59.4. The maximum Gasteiger partial charge on any atom is 0.252 e. The van der Waals surface area contributed by atoms with E-state index >= 15 is 0 Å². The van der Waals surface area contributed by atoms with Crippen LogP contribution >= 0.6 is 0 Å². The van der Waals surface area contributed by atoms with Gasteiger partial charge in [0.25, 0.3) is 5.92 Å². The van der Waals surface area contributed by atoms with E-state index in [4.69, 9.17) is 0 Å². The van der Waals surface area contributed by atoms with Gasteiger partial charge in [-0.05, 0) is 38.1 Å². The van der Waals surface area contributed by atoms with Crippen molar-refractivity contribution in [3.63, 3.8) is 0 Å². The van der Waals surface area contributed by atoms with E-state index in [1.54, 1.807) is 0 Å². The molecular weight excluding hydrogens is 428 g/mol. The summed E-state index contributed by atoms with van der Waals surface area (Å²) in [5.41, 5.74) is 0.731. The van der Waals surface area contributed by atoms with Gasteiger partial charge >= 0.3 is 0 Å². The lowest BCUT2D eigenvalue weighted by Crippen LogP contribution is -2.39. The van der Waals surface area contributed by atoms with Crippen LogP contribution < -0.4 is 10.6 Å². The van der Waals surface area contributed by atoms with Gasteiger partial charge in [0.2, 0.25) is 5.91 Å². The van der Waals surface area contributed by atoms with Crippen molar-refractivity contribution in [3.8, 4) is 11.4 Å². The zero-order chi connectivity index (χ0) is 22.6. The predicted octanol–water partition coefficient (Wildman–Crippen LogP) is 3.59. The van der Waals surface area contributed by atoms with E-state index in [1.165, 1.54) is 22.9 Å². The first-order valence-corrected chi connectivity index (χ1v) is 10.3. The predicted molar refractivity (Wildman–Crippen MR) is 109 cm³/mol. The number of carbonyl (C=O) groups excluding carboxylic acids is 1. The highest BCUT2D eigenvalue weighted by molar-refractivity contribution is 5.98. The number of hydrogen-bond acceptors (Lipinski definition) is 5. The molecule has 0 spiro atoms. The largest absolute Gasteiger partial charge is 0.314 e. The molecule has 1 aromatic carbocycles. The number of piperidine rings is 1. The van der Waals surface area contributed by atoms with Crippen molar-refractivity contribution >= 4 is 22.6 Å². The Morgan fingerprint density at radius 1 is 1.22 bits per heavy atom. The minimum Gasteiger partial charge on any atom is -0.314 e. The van der Waals surface area contributed by atoms with Gasteiger partial charge in [-0.3, -0.25) is 9.48 Å². The number of anilines is 1. The molecule has 0 aliphatic carbocycles. The molecular formula is C21H20F4N6O. The summed E-state index contributed by atoms with van der Waals surface area (Å²) in [6.45, 7) is 1.47. The number of nitrogens with zero attached hydrogens (tertiary/aromatic N) is 4. The SMILES string of the molecule is CC(F)(F)[C@H]1CC(=O)Nc2ncnc(-c3nn([C@H]4CCNC[C@H]4F)c4ccc(F)cc34)c21. The molecule has 0 unspecified atom stereocenters. The maximum absolute atomic E-state index is 14.7. The summed E-state index contributed by atoms with van der Waals surface area (Å²) in [4.78, 5) is 20.2. The normalized spacial score (nSPS) is 23.8. The van der Waals surface area contributed by atoms with Crippen molar-refractivity contribution in [3.05, 3.63) is 35.9 Å². The summed E-state index contributed by atoms with van der Waals surface area (Å²) in [6, 6.07) is 3.38. The molecule has 2 N–H and O–H groups in total. The second-order valence-electron chi connectivity index (χ2n) is 8.28. The van der Waals surface area contributed by atoms with Crippen LogP contribution in [-0.2, 0) is 4.79 Å². The fourth-order valence-corrected chi connectivity index (χ4v) is 4.54. The minimum absolute atomic E-state index is 0.0258. The number of nitrogens with one attached hydrogen (secondary N) is 2. The molecule has 3 aromatic rings. The number of alkyl halides is 3. The summed E-state index contributed by atoms with van der Waals surface area (Å²) in [7, 11) is 0. The Kier molecular flexibility index (Phi) is 4.88. The van der Waals surface area contributed by atoms with Gasteiger partial charge < -0.3 is 10.6 Å². The van der Waals surface area contributed by atoms with Crippen LogP contribution in [0.2, 0.25) is 0 Å². The first-order valence-electron chi connectivity index (χ1n) is 10.3. The van der Waals surface area contributed by atoms with Gasteiger partial charge in [-0.2, -0.15) is 5.10 Å². The number of hydrogen-bond donors (Lipinski definition) is 2. The van der Waals surface area contributed by atoms with E-state index < -0.39 is 42.2 Å². The summed E-state index contributed by atoms with van der Waals surface area (Å²) >= 11 is 0. The van der Waals surface area contributed by atoms with Crippen LogP contribution in [0.15, 0.2) is 24.5 Å². The molecule has 0 saturated carbocycles. The standard InChI is InChI=1S/C21H20F4N6O/c1-21(24,25)12-7-16(32)29-20-17(12)19(27-9-28-20)18-11-6-10(22)2-3-14(11)31(30-18)15-4-5-26-8-13(15)23/h2-3,6,9,12-13,15,26H,4-5,7-8H2,1H3,(H,27,28,29,32)/t12-,13+,15-/m0/s1. The van der Waals surface area contributed by atoms with Gasteiger partial charge in [0.1, 0.15) is 35.5 Å². The summed E-state index contributed by atoms with van der Waals surface area (Å²) in [6.07, 6.45) is -0.0826. The fraction of sp³-hybridized carbons (Fsp3) is 0.429. The number of rotatable bonds is 3. The van der Waals surface area contributed by atoms with Crippen LogP contribution in [-0.4, -0.2) is 50.8 Å². The average molecular weight is 448 g/mol. The smallest absolute Gasteiger partial charge is 0.252 e. The van der Waals surface area contributed by atoms with Gasteiger partial charge in [0.05, 0.1) is 17.5 Å². The van der Waals surface area contributed by atoms with E-state index in [9.17, 15) is 22.4 Å². The van der Waals surface area contributed by atoms with Gasteiger partial charge in [-0.25, -0.2) is 27.5 Å². The first kappa shape index (κ1) is 20.8. The Morgan fingerprint density at radius 2 is 2.03 bits per heavy atom. The number of fused-ring (bicyclic) bond motifs is 2. The molecule has 32 heavy (non-hydrogen) atoms. The molecule has 1 amide bonds. The number of halogens is 4. The fourth-order valence-electron chi connectivity index (χ4n) is 4.54. The molecule has 168 valence electrons. The van der Waals surface area contributed by atoms with Crippen molar-refractivity contribution in [2.75, 3.05) is 18.4 Å². The highest BCUT2D eigenvalue weighted by atomic mass is 19.3. The van der Waals surface area contributed by atoms with E-state index in [2.05, 4.69) is 25.7 Å². The Bertz CT molecular complexity index is 1210. The van der Waals surface area contributed by atoms with E-state index in [0.29, 0.717) is 23.9 Å². The van der Waals surface area contributed by atoms with E-state index in [1.807, 2.05) is 0 Å². The van der Waals surface area contributed by atoms with Crippen LogP contribution in [0, 0.1) is 5.82 Å². The Hall–Kier alpha value is -3.08. The molecule has 1 fully saturated rings. The third-order valence-corrected chi connectivity index (χ3v) is 6.07. The topological polar surface area (TPSA) is 84.7 Å². The Morgan fingerprint density at radius 3 is 2.78 bits per heavy atom. The number of benzene rings is 1. The van der Waals surface area contributed by atoms with Crippen LogP contribution in [0.1, 0.15) is 37.3 Å². The third-order valence-electron chi connectivity index (χ3n) is 6.07. The highest BCUT2D eigenvalue weighted by Gasteiger charge is 2.44. The third kappa shape index (κ3) is 3.40. The van der Waals surface area contributed by atoms with Crippen molar-refractivity contribution in [2.45, 2.75) is 43.8 Å². The molecule has 0 radical (unpaired) electrons. The van der Waals surface area contributed by atoms with Crippen LogP contribution in [0.25, 0.3) is 22.3 Å². The number of amides is 1. The number of carbonyl (C=O) groups is 1. The van der Waals surface area contributed by atoms with Crippen molar-refractivity contribution in [1.82, 2.24) is 25.1 Å². The molecule has 7 nitrogen and oxygen atoms in total. The van der Waals surface area contributed by atoms with Gasteiger partial charge in [0, 0.05) is 23.9 Å². The highest BCUT2D eigenvalue weighted by Crippen LogP contribution is 2.46. The van der Waals surface area contributed by atoms with Gasteiger partial charge in [-0.1, -0.05) is 0 Å². The van der Waals surface area contributed by atoms with Crippen LogP contribution in [0.4, 0.5) is 23.4 Å². The van der Waals surface area contributed by atoms with Gasteiger partial charge in [0.15, 0.2) is 0 Å². The zero-order valence-corrected chi connectivity index (χ0v) is 17.1. The Balaban J connectivity index is 1.76. The lowest BCUT2D eigenvalue weighted by atomic mass is 9.85. The summed E-state index contributed by atoms with van der Waals surface area (Å²) in [5.74, 6) is -5.88. The first-order chi connectivity index (χ1) is 15.2. The molecule has 0 bridgehead atoms. The van der Waals surface area contributed by atoms with Crippen molar-refractivity contribution in [1.29, 1.82) is 0 Å². The molecule has 5 rings (SSSR count). The lowest BCUT2D eigenvalue weighted by Gasteiger charge is -2.30. The monoisotopic (exact) mass is 448 g/mol. The maximum atomic E-state index is 14.7. The lowest BCUT2D eigenvalue weighted by molar-refractivity contribution is -0.119. The zero-order valence-electron chi connectivity index (χ0n) is 17.1. The van der Waals surface area contributed by atoms with E-state index in [-0.39, 0.29) is 29.3 Å². The summed E-state index contributed by atoms with van der Waals surface area (Å²) in [5, 5.41) is 10.4. The Labute approximate surface area is 180 Å². The molecule has 2 aromatic heterocycles. The quantitative estimate of drug-likeness (QED) is 0.599. The second-order valence-corrected chi connectivity index (χ2v) is 8.28.